The summed E-state index contributed by atoms with van der Waals surface area (Å²) in [6.45, 7) is 1.66. The SMILES string of the molecule is Cc1sc(C(=O)N(C)C2CCCC2)cc1S(=O)(=O)Cl. The second-order valence-corrected chi connectivity index (χ2v) is 8.61. The van der Waals surface area contributed by atoms with E-state index in [9.17, 15) is 13.2 Å². The van der Waals surface area contributed by atoms with Gasteiger partial charge in [0.25, 0.3) is 15.0 Å². The summed E-state index contributed by atoms with van der Waals surface area (Å²) in [5.74, 6) is -0.119. The van der Waals surface area contributed by atoms with Crippen LogP contribution in [0.4, 0.5) is 0 Å². The molecule has 0 radical (unpaired) electrons. The molecule has 1 fully saturated rings. The van der Waals surface area contributed by atoms with Gasteiger partial charge in [0.05, 0.1) is 9.77 Å². The first kappa shape index (κ1) is 14.8. The van der Waals surface area contributed by atoms with Crippen molar-refractivity contribution in [2.24, 2.45) is 0 Å². The molecule has 7 heteroatoms. The van der Waals surface area contributed by atoms with Gasteiger partial charge >= 0.3 is 0 Å². The molecule has 0 spiro atoms. The summed E-state index contributed by atoms with van der Waals surface area (Å²) >= 11 is 1.18. The fraction of sp³-hybridized carbons (Fsp3) is 0.583. The standard InChI is InChI=1S/C12H16ClNO3S2/c1-8-11(19(13,16)17)7-10(18-8)12(15)14(2)9-5-3-4-6-9/h7,9H,3-6H2,1-2H3. The van der Waals surface area contributed by atoms with E-state index in [2.05, 4.69) is 0 Å². The van der Waals surface area contributed by atoms with E-state index in [0.717, 1.165) is 25.7 Å². The summed E-state index contributed by atoms with van der Waals surface area (Å²) < 4.78 is 22.7. The van der Waals surface area contributed by atoms with Gasteiger partial charge in [0.15, 0.2) is 0 Å². The minimum Gasteiger partial charge on any atom is -0.338 e. The average Bonchev–Trinajstić information content (AvgIpc) is 2.94. The Morgan fingerprint density at radius 1 is 1.42 bits per heavy atom. The lowest BCUT2D eigenvalue weighted by molar-refractivity contribution is 0.0740. The number of hydrogen-bond donors (Lipinski definition) is 0. The van der Waals surface area contributed by atoms with Crippen LogP contribution in [0.5, 0.6) is 0 Å². The van der Waals surface area contributed by atoms with Crippen molar-refractivity contribution in [3.05, 3.63) is 15.8 Å². The smallest absolute Gasteiger partial charge is 0.263 e. The molecule has 0 unspecified atom stereocenters. The summed E-state index contributed by atoms with van der Waals surface area (Å²) in [7, 11) is 3.34. The average molecular weight is 322 g/mol. The number of aryl methyl sites for hydroxylation is 1. The second-order valence-electron chi connectivity index (χ2n) is 4.82. The summed E-state index contributed by atoms with van der Waals surface area (Å²) in [6.07, 6.45) is 4.33. The molecule has 1 aliphatic carbocycles. The predicted octanol–water partition coefficient (Wildman–Crippen LogP) is 3.00. The van der Waals surface area contributed by atoms with Crippen molar-refractivity contribution in [2.75, 3.05) is 7.05 Å². The third-order valence-electron chi connectivity index (χ3n) is 3.54. The molecule has 4 nitrogen and oxygen atoms in total. The van der Waals surface area contributed by atoms with Crippen molar-refractivity contribution in [3.63, 3.8) is 0 Å². The summed E-state index contributed by atoms with van der Waals surface area (Å²) in [6, 6.07) is 1.65. The van der Waals surface area contributed by atoms with Gasteiger partial charge in [0, 0.05) is 28.6 Å². The first-order valence-electron chi connectivity index (χ1n) is 6.13. The van der Waals surface area contributed by atoms with E-state index in [1.54, 1.807) is 18.9 Å². The zero-order chi connectivity index (χ0) is 14.2. The van der Waals surface area contributed by atoms with E-state index in [-0.39, 0.29) is 16.8 Å². The molecule has 106 valence electrons. The molecule has 0 atom stereocenters. The van der Waals surface area contributed by atoms with Crippen molar-refractivity contribution in [1.82, 2.24) is 4.90 Å². The molecule has 1 aromatic heterocycles. The Hall–Kier alpha value is -0.590. The minimum atomic E-state index is -3.78. The number of rotatable bonds is 3. The highest BCUT2D eigenvalue weighted by Crippen LogP contribution is 2.30. The highest BCUT2D eigenvalue weighted by molar-refractivity contribution is 8.13. The fourth-order valence-electron chi connectivity index (χ4n) is 2.44. The van der Waals surface area contributed by atoms with Crippen LogP contribution in [-0.4, -0.2) is 32.3 Å². The number of amides is 1. The number of carbonyl (C=O) groups is 1. The molecule has 2 rings (SSSR count). The molecule has 1 heterocycles. The number of nitrogens with zero attached hydrogens (tertiary/aromatic N) is 1. The third kappa shape index (κ3) is 3.12. The van der Waals surface area contributed by atoms with Gasteiger partial charge in [0.2, 0.25) is 0 Å². The first-order valence-corrected chi connectivity index (χ1v) is 9.25. The lowest BCUT2D eigenvalue weighted by Crippen LogP contribution is -2.34. The number of carbonyl (C=O) groups excluding carboxylic acids is 1. The summed E-state index contributed by atoms with van der Waals surface area (Å²) in [5, 5.41) is 0. The van der Waals surface area contributed by atoms with Crippen LogP contribution in [0.3, 0.4) is 0 Å². The Kier molecular flexibility index (Phi) is 4.23. The molecule has 1 aliphatic rings. The summed E-state index contributed by atoms with van der Waals surface area (Å²) in [4.78, 5) is 15.1. The normalized spacial score (nSPS) is 16.8. The van der Waals surface area contributed by atoms with Crippen LogP contribution in [-0.2, 0) is 9.05 Å². The van der Waals surface area contributed by atoms with Crippen LogP contribution in [0, 0.1) is 6.92 Å². The molecular formula is C12H16ClNO3S2. The maximum Gasteiger partial charge on any atom is 0.263 e. The minimum absolute atomic E-state index is 0.0438. The Morgan fingerprint density at radius 2 is 2.00 bits per heavy atom. The molecule has 0 aliphatic heterocycles. The van der Waals surface area contributed by atoms with Gasteiger partial charge in [-0.05, 0) is 25.8 Å². The fourth-order valence-corrected chi connectivity index (χ4v) is 5.09. The van der Waals surface area contributed by atoms with Crippen LogP contribution in [0.2, 0.25) is 0 Å². The molecule has 0 N–H and O–H groups in total. The third-order valence-corrected chi connectivity index (χ3v) is 6.15. The summed E-state index contributed by atoms with van der Waals surface area (Å²) in [5.41, 5.74) is 0. The van der Waals surface area contributed by atoms with E-state index in [0.29, 0.717) is 9.75 Å². The largest absolute Gasteiger partial charge is 0.338 e. The van der Waals surface area contributed by atoms with Gasteiger partial charge in [0.1, 0.15) is 0 Å². The van der Waals surface area contributed by atoms with E-state index in [4.69, 9.17) is 10.7 Å². The van der Waals surface area contributed by atoms with Crippen molar-refractivity contribution in [1.29, 1.82) is 0 Å². The lowest BCUT2D eigenvalue weighted by atomic mass is 10.2. The number of thiophene rings is 1. The highest BCUT2D eigenvalue weighted by atomic mass is 35.7. The van der Waals surface area contributed by atoms with Crippen molar-refractivity contribution in [3.8, 4) is 0 Å². The van der Waals surface area contributed by atoms with Gasteiger partial charge < -0.3 is 4.90 Å². The number of halogens is 1. The van der Waals surface area contributed by atoms with Crippen LogP contribution in [0.1, 0.15) is 40.2 Å². The Labute approximate surface area is 121 Å². The van der Waals surface area contributed by atoms with Gasteiger partial charge in [-0.15, -0.1) is 11.3 Å². The quantitative estimate of drug-likeness (QED) is 0.804. The zero-order valence-corrected chi connectivity index (χ0v) is 13.2. The van der Waals surface area contributed by atoms with Crippen LogP contribution in [0.15, 0.2) is 11.0 Å². The van der Waals surface area contributed by atoms with Crippen LogP contribution in [0.25, 0.3) is 0 Å². The lowest BCUT2D eigenvalue weighted by Gasteiger charge is -2.23. The maximum absolute atomic E-state index is 12.3. The Bertz CT molecular complexity index is 588. The van der Waals surface area contributed by atoms with E-state index < -0.39 is 9.05 Å². The maximum atomic E-state index is 12.3. The highest BCUT2D eigenvalue weighted by Gasteiger charge is 2.27. The molecule has 1 saturated carbocycles. The van der Waals surface area contributed by atoms with Crippen molar-refractivity contribution in [2.45, 2.75) is 43.5 Å². The predicted molar refractivity (Wildman–Crippen MR) is 76.4 cm³/mol. The van der Waals surface area contributed by atoms with Crippen LogP contribution >= 0.6 is 22.0 Å². The van der Waals surface area contributed by atoms with Gasteiger partial charge in [-0.1, -0.05) is 12.8 Å². The van der Waals surface area contributed by atoms with Crippen LogP contribution < -0.4 is 0 Å². The van der Waals surface area contributed by atoms with E-state index in [1.165, 1.54) is 17.4 Å². The van der Waals surface area contributed by atoms with Crippen molar-refractivity contribution >= 4 is 37.0 Å². The number of hydrogen-bond acceptors (Lipinski definition) is 4. The van der Waals surface area contributed by atoms with Crippen molar-refractivity contribution < 1.29 is 13.2 Å². The molecule has 19 heavy (non-hydrogen) atoms. The molecule has 0 saturated heterocycles. The second kappa shape index (κ2) is 5.42. The van der Waals surface area contributed by atoms with E-state index in [1.807, 2.05) is 0 Å². The molecular weight excluding hydrogens is 306 g/mol. The van der Waals surface area contributed by atoms with Gasteiger partial charge in [-0.2, -0.15) is 0 Å². The molecule has 1 aromatic rings. The van der Waals surface area contributed by atoms with Gasteiger partial charge in [-0.3, -0.25) is 4.79 Å². The Balaban J connectivity index is 2.25. The monoisotopic (exact) mass is 321 g/mol. The first-order chi connectivity index (χ1) is 8.80. The zero-order valence-electron chi connectivity index (χ0n) is 10.8. The topological polar surface area (TPSA) is 54.5 Å². The molecule has 1 amide bonds. The molecule has 0 bridgehead atoms. The van der Waals surface area contributed by atoms with E-state index >= 15 is 0 Å². The van der Waals surface area contributed by atoms with Gasteiger partial charge in [-0.25, -0.2) is 8.42 Å². The molecule has 0 aromatic carbocycles. The Morgan fingerprint density at radius 3 is 2.47 bits per heavy atom.